The van der Waals surface area contributed by atoms with E-state index in [0.717, 1.165) is 22.1 Å². The van der Waals surface area contributed by atoms with Crippen molar-refractivity contribution in [1.29, 1.82) is 0 Å². The molecule has 5 nitrogen and oxygen atoms in total. The first-order chi connectivity index (χ1) is 10.6. The van der Waals surface area contributed by atoms with Gasteiger partial charge in [0.2, 0.25) is 5.91 Å². The Morgan fingerprint density at radius 1 is 1.23 bits per heavy atom. The zero-order chi connectivity index (χ0) is 16.1. The molecule has 1 atom stereocenters. The average Bonchev–Trinajstić information content (AvgIpc) is 2.54. The quantitative estimate of drug-likeness (QED) is 0.849. The van der Waals surface area contributed by atoms with Gasteiger partial charge >= 0.3 is 0 Å². The molecule has 2 aromatic rings. The van der Waals surface area contributed by atoms with E-state index in [1.165, 1.54) is 11.8 Å². The fourth-order valence-corrected chi connectivity index (χ4v) is 2.47. The largest absolute Gasteiger partial charge is 0.496 e. The summed E-state index contributed by atoms with van der Waals surface area (Å²) in [5, 5.41) is 20.5. The number of nitrogens with zero attached hydrogens (tertiary/aromatic N) is 1. The molecular formula is C17H21NO4. The van der Waals surface area contributed by atoms with Crippen molar-refractivity contribution < 1.29 is 19.7 Å². The van der Waals surface area contributed by atoms with Gasteiger partial charge in [-0.2, -0.15) is 0 Å². The summed E-state index contributed by atoms with van der Waals surface area (Å²) in [5.74, 6) is 0.636. The smallest absolute Gasteiger partial charge is 0.219 e. The Morgan fingerprint density at radius 2 is 1.91 bits per heavy atom. The Kier molecular flexibility index (Phi) is 5.35. The highest BCUT2D eigenvalue weighted by atomic mass is 16.5. The topological polar surface area (TPSA) is 70.0 Å². The van der Waals surface area contributed by atoms with E-state index in [1.807, 2.05) is 36.4 Å². The second-order valence-corrected chi connectivity index (χ2v) is 5.21. The molecular weight excluding hydrogens is 282 g/mol. The summed E-state index contributed by atoms with van der Waals surface area (Å²) in [7, 11) is 1.63. The van der Waals surface area contributed by atoms with Gasteiger partial charge in [0.05, 0.1) is 19.8 Å². The van der Waals surface area contributed by atoms with Crippen molar-refractivity contribution in [3.8, 4) is 5.75 Å². The van der Waals surface area contributed by atoms with Gasteiger partial charge in [-0.05, 0) is 17.0 Å². The molecule has 0 saturated heterocycles. The summed E-state index contributed by atoms with van der Waals surface area (Å²) in [4.78, 5) is 13.3. The molecule has 0 spiro atoms. The van der Waals surface area contributed by atoms with Crippen molar-refractivity contribution in [3.63, 3.8) is 0 Å². The predicted octanol–water partition coefficient (Wildman–Crippen LogP) is 1.55. The molecule has 0 heterocycles. The van der Waals surface area contributed by atoms with Crippen LogP contribution in [0.1, 0.15) is 12.5 Å². The number of hydrogen-bond acceptors (Lipinski definition) is 4. The maximum absolute atomic E-state index is 11.8. The molecule has 0 bridgehead atoms. The van der Waals surface area contributed by atoms with Crippen molar-refractivity contribution in [3.05, 3.63) is 42.0 Å². The maximum atomic E-state index is 11.8. The second-order valence-electron chi connectivity index (χ2n) is 5.21. The molecule has 1 unspecified atom stereocenters. The van der Waals surface area contributed by atoms with E-state index in [2.05, 4.69) is 0 Å². The fraction of sp³-hybridized carbons (Fsp3) is 0.353. The van der Waals surface area contributed by atoms with Crippen molar-refractivity contribution in [2.75, 3.05) is 20.3 Å². The third-order valence-corrected chi connectivity index (χ3v) is 3.64. The van der Waals surface area contributed by atoms with Crippen molar-refractivity contribution >= 4 is 16.7 Å². The number of benzene rings is 2. The molecule has 0 aliphatic carbocycles. The monoisotopic (exact) mass is 303 g/mol. The Bertz CT molecular complexity index is 656. The summed E-state index contributed by atoms with van der Waals surface area (Å²) in [6.07, 6.45) is -0.937. The molecule has 22 heavy (non-hydrogen) atoms. The van der Waals surface area contributed by atoms with Gasteiger partial charge in [-0.25, -0.2) is 0 Å². The number of rotatable bonds is 6. The van der Waals surface area contributed by atoms with Crippen LogP contribution in [0.4, 0.5) is 0 Å². The first-order valence-corrected chi connectivity index (χ1v) is 7.16. The van der Waals surface area contributed by atoms with Crippen LogP contribution < -0.4 is 4.74 Å². The lowest BCUT2D eigenvalue weighted by Crippen LogP contribution is -2.37. The van der Waals surface area contributed by atoms with Crippen molar-refractivity contribution in [1.82, 2.24) is 4.90 Å². The third kappa shape index (κ3) is 3.55. The van der Waals surface area contributed by atoms with E-state index in [0.29, 0.717) is 6.54 Å². The van der Waals surface area contributed by atoms with Gasteiger partial charge < -0.3 is 19.8 Å². The molecule has 2 aromatic carbocycles. The second kappa shape index (κ2) is 7.24. The van der Waals surface area contributed by atoms with Gasteiger partial charge in [-0.15, -0.1) is 0 Å². The number of fused-ring (bicyclic) bond motifs is 1. The normalized spacial score (nSPS) is 12.2. The molecule has 0 saturated carbocycles. The van der Waals surface area contributed by atoms with Crippen LogP contribution in [-0.2, 0) is 11.3 Å². The van der Waals surface area contributed by atoms with Gasteiger partial charge in [0, 0.05) is 25.4 Å². The fourth-order valence-electron chi connectivity index (χ4n) is 2.47. The number of methoxy groups -OCH3 is 1. The first kappa shape index (κ1) is 16.3. The molecule has 2 rings (SSSR count). The number of aliphatic hydroxyl groups is 2. The van der Waals surface area contributed by atoms with Crippen LogP contribution in [-0.4, -0.2) is 47.4 Å². The first-order valence-electron chi connectivity index (χ1n) is 7.16. The van der Waals surface area contributed by atoms with Crippen LogP contribution >= 0.6 is 0 Å². The summed E-state index contributed by atoms with van der Waals surface area (Å²) in [5.41, 5.74) is 0.969. The average molecular weight is 303 g/mol. The minimum absolute atomic E-state index is 0.103. The summed E-state index contributed by atoms with van der Waals surface area (Å²) < 4.78 is 5.36. The number of aliphatic hydroxyl groups excluding tert-OH is 2. The molecule has 118 valence electrons. The van der Waals surface area contributed by atoms with E-state index in [1.54, 1.807) is 7.11 Å². The van der Waals surface area contributed by atoms with E-state index >= 15 is 0 Å². The SMILES string of the molecule is COc1ccc(CN(CC(O)CO)C(C)=O)c2ccccc12. The van der Waals surface area contributed by atoms with Crippen LogP contribution in [0.25, 0.3) is 10.8 Å². The molecule has 0 radical (unpaired) electrons. The zero-order valence-corrected chi connectivity index (χ0v) is 12.8. The molecule has 5 heteroatoms. The van der Waals surface area contributed by atoms with E-state index in [9.17, 15) is 9.90 Å². The highest BCUT2D eigenvalue weighted by molar-refractivity contribution is 5.91. The molecule has 1 amide bonds. The highest BCUT2D eigenvalue weighted by Gasteiger charge is 2.16. The van der Waals surface area contributed by atoms with Gasteiger partial charge in [0.25, 0.3) is 0 Å². The Hall–Kier alpha value is -2.11. The standard InChI is InChI=1S/C17H21NO4/c1-12(20)18(10-14(21)11-19)9-13-7-8-17(22-2)16-6-4-3-5-15(13)16/h3-8,14,19,21H,9-11H2,1-2H3. The summed E-state index contributed by atoms with van der Waals surface area (Å²) in [6, 6.07) is 11.6. The van der Waals surface area contributed by atoms with Gasteiger partial charge in [-0.1, -0.05) is 30.3 Å². The van der Waals surface area contributed by atoms with Crippen LogP contribution in [0.5, 0.6) is 5.75 Å². The van der Waals surface area contributed by atoms with Crippen molar-refractivity contribution in [2.24, 2.45) is 0 Å². The minimum atomic E-state index is -0.937. The van der Waals surface area contributed by atoms with E-state index in [-0.39, 0.29) is 19.1 Å². The number of carbonyl (C=O) groups is 1. The Balaban J connectivity index is 2.35. The number of ether oxygens (including phenoxy) is 1. The zero-order valence-electron chi connectivity index (χ0n) is 12.8. The number of hydrogen-bond donors (Lipinski definition) is 2. The highest BCUT2D eigenvalue weighted by Crippen LogP contribution is 2.29. The van der Waals surface area contributed by atoms with Crippen LogP contribution in [0.15, 0.2) is 36.4 Å². The lowest BCUT2D eigenvalue weighted by molar-refractivity contribution is -0.131. The van der Waals surface area contributed by atoms with Crippen LogP contribution in [0, 0.1) is 0 Å². The Morgan fingerprint density at radius 3 is 2.50 bits per heavy atom. The van der Waals surface area contributed by atoms with Gasteiger partial charge in [0.15, 0.2) is 0 Å². The lowest BCUT2D eigenvalue weighted by Gasteiger charge is -2.24. The third-order valence-electron chi connectivity index (χ3n) is 3.64. The van der Waals surface area contributed by atoms with Crippen LogP contribution in [0.3, 0.4) is 0 Å². The van der Waals surface area contributed by atoms with Crippen LogP contribution in [0.2, 0.25) is 0 Å². The summed E-state index contributed by atoms with van der Waals surface area (Å²) >= 11 is 0. The molecule has 0 aromatic heterocycles. The van der Waals surface area contributed by atoms with Gasteiger partial charge in [-0.3, -0.25) is 4.79 Å². The predicted molar refractivity (Wildman–Crippen MR) is 84.7 cm³/mol. The molecule has 2 N–H and O–H groups in total. The maximum Gasteiger partial charge on any atom is 0.219 e. The Labute approximate surface area is 129 Å². The minimum Gasteiger partial charge on any atom is -0.496 e. The summed E-state index contributed by atoms with van der Waals surface area (Å²) in [6.45, 7) is 1.56. The molecule has 0 fully saturated rings. The lowest BCUT2D eigenvalue weighted by atomic mass is 10.0. The number of amides is 1. The molecule has 0 aliphatic rings. The van der Waals surface area contributed by atoms with E-state index < -0.39 is 6.10 Å². The molecule has 0 aliphatic heterocycles. The van der Waals surface area contributed by atoms with E-state index in [4.69, 9.17) is 9.84 Å². The van der Waals surface area contributed by atoms with Crippen molar-refractivity contribution in [2.45, 2.75) is 19.6 Å². The number of carbonyl (C=O) groups excluding carboxylic acids is 1. The van der Waals surface area contributed by atoms with Gasteiger partial charge in [0.1, 0.15) is 5.75 Å².